The molecule has 1 amide bonds. The largest absolute Gasteiger partial charge is 0.338 e. The van der Waals surface area contributed by atoms with Crippen LogP contribution in [0.5, 0.6) is 0 Å². The summed E-state index contributed by atoms with van der Waals surface area (Å²) >= 11 is 0. The molecule has 21 heavy (non-hydrogen) atoms. The second kappa shape index (κ2) is 5.44. The summed E-state index contributed by atoms with van der Waals surface area (Å²) in [5, 5.41) is 4.10. The Bertz CT molecular complexity index is 802. The fraction of sp³-hybridized carbons (Fsp3) is 0.167. The molecule has 2 aromatic carbocycles. The zero-order valence-corrected chi connectivity index (χ0v) is 12.3. The quantitative estimate of drug-likeness (QED) is 0.774. The molecule has 0 saturated carbocycles. The molecule has 106 valence electrons. The molecule has 3 nitrogen and oxygen atoms in total. The molecular weight excluding hydrogens is 260 g/mol. The average Bonchev–Trinajstić information content (AvgIpc) is 2.81. The first-order chi connectivity index (χ1) is 10.1. The Morgan fingerprint density at radius 1 is 1.05 bits per heavy atom. The van der Waals surface area contributed by atoms with E-state index in [4.69, 9.17) is 0 Å². The Kier molecular flexibility index (Phi) is 3.48. The molecule has 1 aromatic heterocycles. The molecule has 1 N–H and O–H groups in total. The zero-order valence-electron chi connectivity index (χ0n) is 12.3. The van der Waals surface area contributed by atoms with Crippen LogP contribution in [0, 0.1) is 13.8 Å². The molecule has 3 heteroatoms. The predicted octanol–water partition coefficient (Wildman–Crippen LogP) is 3.90. The van der Waals surface area contributed by atoms with Gasteiger partial charge in [-0.2, -0.15) is 0 Å². The Labute approximate surface area is 124 Å². The van der Waals surface area contributed by atoms with Gasteiger partial charge in [0.15, 0.2) is 0 Å². The molecule has 0 aliphatic carbocycles. The van der Waals surface area contributed by atoms with E-state index in [9.17, 15) is 4.79 Å². The highest BCUT2D eigenvalue weighted by Gasteiger charge is 2.07. The van der Waals surface area contributed by atoms with Crippen LogP contribution in [0.1, 0.15) is 11.1 Å². The van der Waals surface area contributed by atoms with Crippen molar-refractivity contribution >= 4 is 22.5 Å². The molecule has 0 atom stereocenters. The Balaban J connectivity index is 1.77. The molecule has 0 bridgehead atoms. The number of anilines is 1. The van der Waals surface area contributed by atoms with Crippen LogP contribution in [0.4, 0.5) is 5.69 Å². The normalized spacial score (nSPS) is 10.8. The second-order valence-corrected chi connectivity index (χ2v) is 5.42. The Morgan fingerprint density at radius 3 is 2.67 bits per heavy atom. The minimum Gasteiger partial charge on any atom is -0.338 e. The molecule has 0 unspecified atom stereocenters. The fourth-order valence-electron chi connectivity index (χ4n) is 2.54. The van der Waals surface area contributed by atoms with Gasteiger partial charge in [0.05, 0.1) is 0 Å². The smallest absolute Gasteiger partial charge is 0.244 e. The monoisotopic (exact) mass is 278 g/mol. The number of nitrogens with zero attached hydrogens (tertiary/aromatic N) is 1. The standard InChI is InChI=1S/C18H18N2O/c1-13-4-3-5-16(11-13)19-18(21)12-20-9-8-15-10-14(2)6-7-17(15)20/h3-11H,12H2,1-2H3,(H,19,21). The van der Waals surface area contributed by atoms with Gasteiger partial charge in [0.1, 0.15) is 6.54 Å². The van der Waals surface area contributed by atoms with Gasteiger partial charge in [-0.3, -0.25) is 4.79 Å². The molecule has 0 aliphatic rings. The lowest BCUT2D eigenvalue weighted by Gasteiger charge is -2.08. The number of carbonyl (C=O) groups is 1. The Morgan fingerprint density at radius 2 is 1.86 bits per heavy atom. The minimum atomic E-state index is -0.0151. The number of rotatable bonds is 3. The summed E-state index contributed by atoms with van der Waals surface area (Å²) in [7, 11) is 0. The van der Waals surface area contributed by atoms with E-state index in [1.807, 2.05) is 48.0 Å². The van der Waals surface area contributed by atoms with Crippen LogP contribution in [0.3, 0.4) is 0 Å². The van der Waals surface area contributed by atoms with Crippen molar-refractivity contribution < 1.29 is 4.79 Å². The number of nitrogens with one attached hydrogen (secondary N) is 1. The van der Waals surface area contributed by atoms with Crippen molar-refractivity contribution in [3.05, 3.63) is 65.9 Å². The van der Waals surface area contributed by atoms with Crippen molar-refractivity contribution in [3.63, 3.8) is 0 Å². The highest BCUT2D eigenvalue weighted by Crippen LogP contribution is 2.17. The van der Waals surface area contributed by atoms with Gasteiger partial charge in [-0.05, 0) is 55.1 Å². The summed E-state index contributed by atoms with van der Waals surface area (Å²) in [4.78, 5) is 12.2. The van der Waals surface area contributed by atoms with Crippen LogP contribution in [-0.4, -0.2) is 10.5 Å². The number of aromatic nitrogens is 1. The van der Waals surface area contributed by atoms with Crippen LogP contribution in [-0.2, 0) is 11.3 Å². The van der Waals surface area contributed by atoms with E-state index < -0.39 is 0 Å². The maximum atomic E-state index is 12.2. The van der Waals surface area contributed by atoms with Crippen molar-refractivity contribution in [2.45, 2.75) is 20.4 Å². The molecule has 0 saturated heterocycles. The number of benzene rings is 2. The number of hydrogen-bond acceptors (Lipinski definition) is 1. The first-order valence-corrected chi connectivity index (χ1v) is 7.04. The van der Waals surface area contributed by atoms with E-state index >= 15 is 0 Å². The summed E-state index contributed by atoms with van der Waals surface area (Å²) in [6.45, 7) is 4.40. The topological polar surface area (TPSA) is 34.0 Å². The second-order valence-electron chi connectivity index (χ2n) is 5.42. The SMILES string of the molecule is Cc1cccc(NC(=O)Cn2ccc3cc(C)ccc32)c1. The summed E-state index contributed by atoms with van der Waals surface area (Å²) in [5.74, 6) is -0.0151. The number of aryl methyl sites for hydroxylation is 2. The maximum Gasteiger partial charge on any atom is 0.244 e. The first kappa shape index (κ1) is 13.4. The van der Waals surface area contributed by atoms with Gasteiger partial charge in [0.2, 0.25) is 5.91 Å². The number of amides is 1. The highest BCUT2D eigenvalue weighted by molar-refractivity contribution is 5.92. The van der Waals surface area contributed by atoms with Crippen LogP contribution < -0.4 is 5.32 Å². The molecule has 0 spiro atoms. The van der Waals surface area contributed by atoms with Gasteiger partial charge in [0, 0.05) is 17.4 Å². The molecular formula is C18H18N2O. The fourth-order valence-corrected chi connectivity index (χ4v) is 2.54. The van der Waals surface area contributed by atoms with Gasteiger partial charge in [-0.1, -0.05) is 23.8 Å². The molecule has 3 aromatic rings. The van der Waals surface area contributed by atoms with Crippen molar-refractivity contribution in [1.29, 1.82) is 0 Å². The molecule has 0 radical (unpaired) electrons. The van der Waals surface area contributed by atoms with E-state index in [2.05, 4.69) is 30.4 Å². The number of carbonyl (C=O) groups excluding carboxylic acids is 1. The lowest BCUT2D eigenvalue weighted by molar-refractivity contribution is -0.116. The predicted molar refractivity (Wildman–Crippen MR) is 86.5 cm³/mol. The van der Waals surface area contributed by atoms with Crippen LogP contribution >= 0.6 is 0 Å². The van der Waals surface area contributed by atoms with Crippen molar-refractivity contribution in [2.24, 2.45) is 0 Å². The first-order valence-electron chi connectivity index (χ1n) is 7.04. The molecule has 0 fully saturated rings. The third-order valence-corrected chi connectivity index (χ3v) is 3.54. The third-order valence-electron chi connectivity index (χ3n) is 3.54. The van der Waals surface area contributed by atoms with Gasteiger partial charge in [-0.15, -0.1) is 0 Å². The van der Waals surface area contributed by atoms with E-state index in [1.54, 1.807) is 0 Å². The van der Waals surface area contributed by atoms with Gasteiger partial charge in [-0.25, -0.2) is 0 Å². The molecule has 0 aliphatic heterocycles. The maximum absolute atomic E-state index is 12.2. The van der Waals surface area contributed by atoms with Crippen LogP contribution in [0.2, 0.25) is 0 Å². The van der Waals surface area contributed by atoms with E-state index in [-0.39, 0.29) is 5.91 Å². The van der Waals surface area contributed by atoms with E-state index in [0.717, 1.165) is 16.8 Å². The lowest BCUT2D eigenvalue weighted by Crippen LogP contribution is -2.18. The van der Waals surface area contributed by atoms with Crippen molar-refractivity contribution in [1.82, 2.24) is 4.57 Å². The summed E-state index contributed by atoms with van der Waals surface area (Å²) in [5.41, 5.74) is 4.28. The van der Waals surface area contributed by atoms with Gasteiger partial charge >= 0.3 is 0 Å². The Hall–Kier alpha value is -2.55. The van der Waals surface area contributed by atoms with Gasteiger partial charge < -0.3 is 9.88 Å². The van der Waals surface area contributed by atoms with E-state index in [0.29, 0.717) is 6.54 Å². The number of fused-ring (bicyclic) bond motifs is 1. The van der Waals surface area contributed by atoms with E-state index in [1.165, 1.54) is 10.9 Å². The summed E-state index contributed by atoms with van der Waals surface area (Å²) in [6, 6.07) is 16.1. The number of hydrogen-bond donors (Lipinski definition) is 1. The summed E-state index contributed by atoms with van der Waals surface area (Å²) in [6.07, 6.45) is 1.96. The lowest BCUT2D eigenvalue weighted by atomic mass is 10.2. The van der Waals surface area contributed by atoms with Gasteiger partial charge in [0.25, 0.3) is 0 Å². The van der Waals surface area contributed by atoms with Crippen molar-refractivity contribution in [3.8, 4) is 0 Å². The summed E-state index contributed by atoms with van der Waals surface area (Å²) < 4.78 is 1.97. The van der Waals surface area contributed by atoms with Crippen molar-refractivity contribution in [2.75, 3.05) is 5.32 Å². The minimum absolute atomic E-state index is 0.0151. The highest BCUT2D eigenvalue weighted by atomic mass is 16.1. The van der Waals surface area contributed by atoms with Crippen LogP contribution in [0.25, 0.3) is 10.9 Å². The molecule has 3 rings (SSSR count). The van der Waals surface area contributed by atoms with Crippen LogP contribution in [0.15, 0.2) is 54.7 Å². The third kappa shape index (κ3) is 2.97. The average molecular weight is 278 g/mol. The molecule has 1 heterocycles. The zero-order chi connectivity index (χ0) is 14.8.